The van der Waals surface area contributed by atoms with Crippen LogP contribution >= 0.6 is 11.8 Å². The largest absolute Gasteiger partial charge is 0.351 e. The van der Waals surface area contributed by atoms with Gasteiger partial charge in [-0.1, -0.05) is 0 Å². The van der Waals surface area contributed by atoms with E-state index in [1.54, 1.807) is 0 Å². The Morgan fingerprint density at radius 2 is 2.53 bits per heavy atom. The van der Waals surface area contributed by atoms with E-state index >= 15 is 0 Å². The predicted molar refractivity (Wildman–Crippen MR) is 67.3 cm³/mol. The van der Waals surface area contributed by atoms with Gasteiger partial charge in [-0.05, 0) is 37.7 Å². The molecule has 0 saturated carbocycles. The Morgan fingerprint density at radius 3 is 3.27 bits per heavy atom. The molecule has 0 aromatic carbocycles. The minimum atomic E-state index is 0.726. The summed E-state index contributed by atoms with van der Waals surface area (Å²) in [6.45, 7) is 4.29. The number of hydrogen-bond donors (Lipinski definition) is 1. The lowest BCUT2D eigenvalue weighted by Crippen LogP contribution is -2.33. The summed E-state index contributed by atoms with van der Waals surface area (Å²) in [4.78, 5) is 0. The van der Waals surface area contributed by atoms with Gasteiger partial charge in [0, 0.05) is 36.8 Å². The van der Waals surface area contributed by atoms with Crippen LogP contribution in [0.3, 0.4) is 0 Å². The van der Waals surface area contributed by atoms with Crippen LogP contribution in [-0.4, -0.2) is 22.1 Å². The topological polar surface area (TPSA) is 17.0 Å². The average molecular weight is 224 g/mol. The summed E-state index contributed by atoms with van der Waals surface area (Å²) < 4.78 is 2.31. The lowest BCUT2D eigenvalue weighted by Gasteiger charge is -2.22. The summed E-state index contributed by atoms with van der Waals surface area (Å²) in [6, 6.07) is 5.08. The second-order valence-electron chi connectivity index (χ2n) is 4.08. The first-order valence-electron chi connectivity index (χ1n) is 5.85. The zero-order valence-electron chi connectivity index (χ0n) is 9.41. The van der Waals surface area contributed by atoms with Gasteiger partial charge in [-0.25, -0.2) is 0 Å². The highest BCUT2D eigenvalue weighted by atomic mass is 32.2. The van der Waals surface area contributed by atoms with Gasteiger partial charge in [0.1, 0.15) is 0 Å². The van der Waals surface area contributed by atoms with E-state index in [1.165, 1.54) is 30.0 Å². The number of rotatable bonds is 4. The third kappa shape index (κ3) is 3.02. The molecule has 1 saturated heterocycles. The van der Waals surface area contributed by atoms with Gasteiger partial charge in [0.05, 0.1) is 0 Å². The first-order chi connectivity index (χ1) is 7.40. The van der Waals surface area contributed by atoms with Crippen molar-refractivity contribution in [2.45, 2.75) is 38.9 Å². The monoisotopic (exact) mass is 224 g/mol. The maximum Gasteiger partial charge on any atom is 0.0361 e. The summed E-state index contributed by atoms with van der Waals surface area (Å²) in [7, 11) is 0. The molecule has 1 aliphatic heterocycles. The molecule has 0 spiro atoms. The molecule has 1 unspecified atom stereocenters. The fourth-order valence-electron chi connectivity index (χ4n) is 2.07. The van der Waals surface area contributed by atoms with Crippen molar-refractivity contribution >= 4 is 11.8 Å². The summed E-state index contributed by atoms with van der Waals surface area (Å²) in [5.41, 5.74) is 1.41. The standard InChI is InChI=1S/C12H20N2S/c1-2-14-7-3-6-12(14)9-13-11-5-4-8-15-10-11/h3,6-7,11,13H,2,4-5,8-10H2,1H3. The summed E-state index contributed by atoms with van der Waals surface area (Å²) in [6.07, 6.45) is 4.88. The van der Waals surface area contributed by atoms with E-state index in [-0.39, 0.29) is 0 Å². The Bertz CT molecular complexity index is 290. The van der Waals surface area contributed by atoms with Gasteiger partial charge in [-0.15, -0.1) is 0 Å². The molecule has 1 fully saturated rings. The van der Waals surface area contributed by atoms with E-state index in [2.05, 4.69) is 46.9 Å². The van der Waals surface area contributed by atoms with Crippen molar-refractivity contribution in [2.75, 3.05) is 11.5 Å². The van der Waals surface area contributed by atoms with Gasteiger partial charge < -0.3 is 9.88 Å². The van der Waals surface area contributed by atoms with E-state index < -0.39 is 0 Å². The van der Waals surface area contributed by atoms with Gasteiger partial charge in [0.2, 0.25) is 0 Å². The molecule has 1 aliphatic rings. The van der Waals surface area contributed by atoms with Gasteiger partial charge in [0.25, 0.3) is 0 Å². The molecular formula is C12H20N2S. The molecule has 0 radical (unpaired) electrons. The fourth-order valence-corrected chi connectivity index (χ4v) is 3.18. The summed E-state index contributed by atoms with van der Waals surface area (Å²) in [5, 5.41) is 3.66. The Morgan fingerprint density at radius 1 is 1.60 bits per heavy atom. The maximum absolute atomic E-state index is 3.66. The Kier molecular flexibility index (Phi) is 4.15. The normalized spacial score (nSPS) is 21.8. The fraction of sp³-hybridized carbons (Fsp3) is 0.667. The Balaban J connectivity index is 1.81. The smallest absolute Gasteiger partial charge is 0.0361 e. The minimum absolute atomic E-state index is 0.726. The molecule has 3 heteroatoms. The van der Waals surface area contributed by atoms with Crippen LogP contribution in [0.5, 0.6) is 0 Å². The van der Waals surface area contributed by atoms with Crippen LogP contribution in [0.4, 0.5) is 0 Å². The van der Waals surface area contributed by atoms with E-state index in [9.17, 15) is 0 Å². The highest BCUT2D eigenvalue weighted by molar-refractivity contribution is 7.99. The second kappa shape index (κ2) is 5.61. The number of aromatic nitrogens is 1. The van der Waals surface area contributed by atoms with Crippen molar-refractivity contribution in [3.8, 4) is 0 Å². The maximum atomic E-state index is 3.66. The SMILES string of the molecule is CCn1cccc1CNC1CCCSC1. The van der Waals surface area contributed by atoms with E-state index in [4.69, 9.17) is 0 Å². The van der Waals surface area contributed by atoms with Gasteiger partial charge >= 0.3 is 0 Å². The van der Waals surface area contributed by atoms with E-state index in [0.29, 0.717) is 0 Å². The molecule has 0 amide bonds. The first-order valence-corrected chi connectivity index (χ1v) is 7.00. The predicted octanol–water partition coefficient (Wildman–Crippen LogP) is 2.49. The zero-order chi connectivity index (χ0) is 10.5. The minimum Gasteiger partial charge on any atom is -0.351 e. The van der Waals surface area contributed by atoms with Crippen LogP contribution in [0.15, 0.2) is 18.3 Å². The Hall–Kier alpha value is -0.410. The van der Waals surface area contributed by atoms with Crippen molar-refractivity contribution < 1.29 is 0 Å². The lowest BCUT2D eigenvalue weighted by molar-refractivity contribution is 0.495. The molecular weight excluding hydrogens is 204 g/mol. The molecule has 0 aliphatic carbocycles. The highest BCUT2D eigenvalue weighted by Gasteiger charge is 2.13. The third-order valence-corrected chi connectivity index (χ3v) is 4.21. The first kappa shape index (κ1) is 11.1. The number of hydrogen-bond acceptors (Lipinski definition) is 2. The van der Waals surface area contributed by atoms with Crippen molar-refractivity contribution in [1.29, 1.82) is 0 Å². The van der Waals surface area contributed by atoms with Gasteiger partial charge in [-0.2, -0.15) is 11.8 Å². The molecule has 2 rings (SSSR count). The lowest BCUT2D eigenvalue weighted by atomic mass is 10.2. The van der Waals surface area contributed by atoms with Crippen molar-refractivity contribution in [3.63, 3.8) is 0 Å². The number of thioether (sulfide) groups is 1. The number of nitrogens with zero attached hydrogens (tertiary/aromatic N) is 1. The van der Waals surface area contributed by atoms with Crippen LogP contribution in [0.25, 0.3) is 0 Å². The highest BCUT2D eigenvalue weighted by Crippen LogP contribution is 2.17. The molecule has 15 heavy (non-hydrogen) atoms. The quantitative estimate of drug-likeness (QED) is 0.846. The van der Waals surface area contributed by atoms with Crippen LogP contribution in [0, 0.1) is 0 Å². The van der Waals surface area contributed by atoms with Gasteiger partial charge in [0.15, 0.2) is 0 Å². The molecule has 84 valence electrons. The van der Waals surface area contributed by atoms with Crippen LogP contribution in [0.1, 0.15) is 25.5 Å². The molecule has 1 aromatic rings. The second-order valence-corrected chi connectivity index (χ2v) is 5.23. The molecule has 2 nitrogen and oxygen atoms in total. The van der Waals surface area contributed by atoms with Crippen LogP contribution < -0.4 is 5.32 Å². The van der Waals surface area contributed by atoms with E-state index in [0.717, 1.165) is 19.1 Å². The molecule has 1 atom stereocenters. The van der Waals surface area contributed by atoms with Gasteiger partial charge in [-0.3, -0.25) is 0 Å². The summed E-state index contributed by atoms with van der Waals surface area (Å²) in [5.74, 6) is 2.64. The van der Waals surface area contributed by atoms with Crippen LogP contribution in [0.2, 0.25) is 0 Å². The van der Waals surface area contributed by atoms with Crippen molar-refractivity contribution in [1.82, 2.24) is 9.88 Å². The average Bonchev–Trinajstić information content (AvgIpc) is 2.75. The zero-order valence-corrected chi connectivity index (χ0v) is 10.2. The number of aryl methyl sites for hydroxylation is 1. The van der Waals surface area contributed by atoms with E-state index in [1.807, 2.05) is 0 Å². The van der Waals surface area contributed by atoms with Crippen LogP contribution in [-0.2, 0) is 13.1 Å². The summed E-state index contributed by atoms with van der Waals surface area (Å²) >= 11 is 2.08. The number of nitrogens with one attached hydrogen (secondary N) is 1. The van der Waals surface area contributed by atoms with Crippen molar-refractivity contribution in [2.24, 2.45) is 0 Å². The molecule has 2 heterocycles. The molecule has 0 bridgehead atoms. The van der Waals surface area contributed by atoms with Crippen molar-refractivity contribution in [3.05, 3.63) is 24.0 Å². The molecule has 1 N–H and O–H groups in total. The Labute approximate surface area is 96.4 Å². The third-order valence-electron chi connectivity index (χ3n) is 3.00. The molecule has 1 aromatic heterocycles.